The smallest absolute Gasteiger partial charge is 0.413 e. The van der Waals surface area contributed by atoms with Gasteiger partial charge in [-0.1, -0.05) is 29.0 Å². The number of benzene rings is 1. The molecule has 0 fully saturated rings. The average molecular weight is 361 g/mol. The molecule has 0 radical (unpaired) electrons. The molecule has 0 aliphatic rings. The number of carbonyl (C=O) groups excluding carboxylic acids is 2. The van der Waals surface area contributed by atoms with Crippen LogP contribution in [0, 0.1) is 20.8 Å². The number of aryl methyl sites for hydroxylation is 3. The molecule has 0 unspecified atom stereocenters. The molecule has 0 saturated heterocycles. The Morgan fingerprint density at radius 1 is 1.12 bits per heavy atom. The first-order valence-electron chi connectivity index (χ1n) is 7.91. The lowest BCUT2D eigenvalue weighted by Gasteiger charge is -2.18. The molecule has 6 nitrogen and oxygen atoms in total. The first-order chi connectivity index (χ1) is 11.5. The normalized spacial score (nSPS) is 11.1. The minimum atomic E-state index is -0.598. The molecule has 0 aliphatic carbocycles. The lowest BCUT2D eigenvalue weighted by Crippen LogP contribution is -2.27. The van der Waals surface area contributed by atoms with E-state index in [9.17, 15) is 9.59 Å². The summed E-state index contributed by atoms with van der Waals surface area (Å²) in [4.78, 5) is 29.0. The fraction of sp³-hybridized carbons (Fsp3) is 0.389. The fourth-order valence-electron chi connectivity index (χ4n) is 2.18. The summed E-state index contributed by atoms with van der Waals surface area (Å²) >= 11 is 1.12. The predicted octanol–water partition coefficient (Wildman–Crippen LogP) is 4.67. The zero-order chi connectivity index (χ0) is 18.8. The summed E-state index contributed by atoms with van der Waals surface area (Å²) in [5.41, 5.74) is 2.83. The number of thiazole rings is 1. The van der Waals surface area contributed by atoms with E-state index in [1.54, 1.807) is 27.7 Å². The number of aromatic nitrogens is 1. The molecule has 0 saturated carbocycles. The average Bonchev–Trinajstić information content (AvgIpc) is 2.80. The Hall–Kier alpha value is -2.41. The summed E-state index contributed by atoms with van der Waals surface area (Å²) in [5, 5.41) is 5.78. The van der Waals surface area contributed by atoms with Crippen molar-refractivity contribution in [1.29, 1.82) is 0 Å². The standard InChI is InChI=1S/C18H23N3O3S/c1-10-7-8-13(11(2)9-10)20-15(22)14-12(3)19-16(25-14)21-17(23)24-18(4,5)6/h7-9H,1-6H3,(H,20,22)(H,19,21,23). The molecule has 1 aromatic heterocycles. The molecule has 0 atom stereocenters. The summed E-state index contributed by atoms with van der Waals surface area (Å²) in [7, 11) is 0. The first-order valence-corrected chi connectivity index (χ1v) is 8.73. The highest BCUT2D eigenvalue weighted by molar-refractivity contribution is 7.17. The minimum Gasteiger partial charge on any atom is -0.444 e. The third-order valence-electron chi connectivity index (χ3n) is 3.24. The van der Waals surface area contributed by atoms with Gasteiger partial charge in [0.15, 0.2) is 5.13 Å². The molecular formula is C18H23N3O3S. The SMILES string of the molecule is Cc1ccc(NC(=O)c2sc(NC(=O)OC(C)(C)C)nc2C)c(C)c1. The molecular weight excluding hydrogens is 338 g/mol. The van der Waals surface area contributed by atoms with Crippen LogP contribution in [0.5, 0.6) is 0 Å². The number of nitrogens with zero attached hydrogens (tertiary/aromatic N) is 1. The van der Waals surface area contributed by atoms with Gasteiger partial charge in [-0.15, -0.1) is 0 Å². The second-order valence-electron chi connectivity index (χ2n) is 6.83. The van der Waals surface area contributed by atoms with Gasteiger partial charge in [-0.05, 0) is 53.2 Å². The van der Waals surface area contributed by atoms with E-state index >= 15 is 0 Å². The molecule has 25 heavy (non-hydrogen) atoms. The second kappa shape index (κ2) is 7.23. The number of carbonyl (C=O) groups is 2. The number of anilines is 2. The number of amides is 2. The van der Waals surface area contributed by atoms with Crippen molar-refractivity contribution < 1.29 is 14.3 Å². The Balaban J connectivity index is 2.11. The van der Waals surface area contributed by atoms with E-state index in [1.165, 1.54) is 0 Å². The number of hydrogen-bond acceptors (Lipinski definition) is 5. The van der Waals surface area contributed by atoms with Crippen molar-refractivity contribution in [2.75, 3.05) is 10.6 Å². The Morgan fingerprint density at radius 2 is 1.80 bits per heavy atom. The zero-order valence-corrected chi connectivity index (χ0v) is 16.1. The van der Waals surface area contributed by atoms with Crippen molar-refractivity contribution in [1.82, 2.24) is 4.98 Å². The third kappa shape index (κ3) is 5.29. The van der Waals surface area contributed by atoms with Gasteiger partial charge in [0.25, 0.3) is 5.91 Å². The Kier molecular flexibility index (Phi) is 5.47. The summed E-state index contributed by atoms with van der Waals surface area (Å²) < 4.78 is 5.19. The van der Waals surface area contributed by atoms with Crippen molar-refractivity contribution in [2.45, 2.75) is 47.1 Å². The van der Waals surface area contributed by atoms with E-state index in [1.807, 2.05) is 32.0 Å². The Morgan fingerprint density at radius 3 is 2.40 bits per heavy atom. The van der Waals surface area contributed by atoms with E-state index in [2.05, 4.69) is 15.6 Å². The maximum Gasteiger partial charge on any atom is 0.413 e. The van der Waals surface area contributed by atoms with Crippen molar-refractivity contribution >= 4 is 34.2 Å². The van der Waals surface area contributed by atoms with Gasteiger partial charge >= 0.3 is 6.09 Å². The van der Waals surface area contributed by atoms with Crippen molar-refractivity contribution in [2.24, 2.45) is 0 Å². The zero-order valence-electron chi connectivity index (χ0n) is 15.3. The van der Waals surface area contributed by atoms with E-state index in [0.717, 1.165) is 28.2 Å². The minimum absolute atomic E-state index is 0.251. The van der Waals surface area contributed by atoms with Crippen LogP contribution in [0.1, 0.15) is 47.3 Å². The lowest BCUT2D eigenvalue weighted by atomic mass is 10.1. The quantitative estimate of drug-likeness (QED) is 0.832. The van der Waals surface area contributed by atoms with Crippen LogP contribution in [0.4, 0.5) is 15.6 Å². The summed E-state index contributed by atoms with van der Waals surface area (Å²) in [6.07, 6.45) is -0.595. The summed E-state index contributed by atoms with van der Waals surface area (Å²) in [5.74, 6) is -0.251. The van der Waals surface area contributed by atoms with Gasteiger partial charge in [-0.2, -0.15) is 0 Å². The summed E-state index contributed by atoms with van der Waals surface area (Å²) in [6.45, 7) is 11.0. The number of ether oxygens (including phenoxy) is 1. The predicted molar refractivity (Wildman–Crippen MR) is 101 cm³/mol. The van der Waals surface area contributed by atoms with Crippen LogP contribution in [0.2, 0.25) is 0 Å². The topological polar surface area (TPSA) is 80.3 Å². The number of hydrogen-bond donors (Lipinski definition) is 2. The molecule has 134 valence electrons. The number of rotatable bonds is 3. The van der Waals surface area contributed by atoms with Gasteiger partial charge in [-0.3, -0.25) is 10.1 Å². The molecule has 1 aromatic carbocycles. The van der Waals surface area contributed by atoms with Gasteiger partial charge in [0.2, 0.25) is 0 Å². The van der Waals surface area contributed by atoms with Crippen LogP contribution in [0.15, 0.2) is 18.2 Å². The molecule has 0 spiro atoms. The second-order valence-corrected chi connectivity index (χ2v) is 7.83. The van der Waals surface area contributed by atoms with Crippen molar-refractivity contribution in [3.8, 4) is 0 Å². The van der Waals surface area contributed by atoms with Crippen molar-refractivity contribution in [3.05, 3.63) is 39.9 Å². The number of nitrogens with one attached hydrogen (secondary N) is 2. The molecule has 2 aromatic rings. The molecule has 0 aliphatic heterocycles. The fourth-order valence-corrected chi connectivity index (χ4v) is 3.03. The van der Waals surface area contributed by atoms with Gasteiger partial charge in [0.1, 0.15) is 10.5 Å². The molecule has 1 heterocycles. The van der Waals surface area contributed by atoms with Gasteiger partial charge in [0, 0.05) is 5.69 Å². The van der Waals surface area contributed by atoms with E-state index in [4.69, 9.17) is 4.74 Å². The summed E-state index contributed by atoms with van der Waals surface area (Å²) in [6, 6.07) is 5.82. The Labute approximate surface area is 151 Å². The first kappa shape index (κ1) is 18.9. The molecule has 2 amide bonds. The van der Waals surface area contributed by atoms with E-state index in [-0.39, 0.29) is 5.91 Å². The molecule has 2 N–H and O–H groups in total. The highest BCUT2D eigenvalue weighted by atomic mass is 32.1. The van der Waals surface area contributed by atoms with E-state index < -0.39 is 11.7 Å². The van der Waals surface area contributed by atoms with E-state index in [0.29, 0.717) is 15.7 Å². The molecule has 2 rings (SSSR count). The van der Waals surface area contributed by atoms with Crippen LogP contribution in [0.3, 0.4) is 0 Å². The maximum absolute atomic E-state index is 12.5. The van der Waals surface area contributed by atoms with Gasteiger partial charge in [-0.25, -0.2) is 9.78 Å². The van der Waals surface area contributed by atoms with Crippen LogP contribution >= 0.6 is 11.3 Å². The lowest BCUT2D eigenvalue weighted by molar-refractivity contribution is 0.0635. The van der Waals surface area contributed by atoms with Crippen LogP contribution in [-0.2, 0) is 4.74 Å². The highest BCUT2D eigenvalue weighted by Crippen LogP contribution is 2.25. The van der Waals surface area contributed by atoms with Crippen LogP contribution < -0.4 is 10.6 Å². The van der Waals surface area contributed by atoms with Crippen LogP contribution in [0.25, 0.3) is 0 Å². The van der Waals surface area contributed by atoms with Gasteiger partial charge < -0.3 is 10.1 Å². The van der Waals surface area contributed by atoms with Crippen molar-refractivity contribution in [3.63, 3.8) is 0 Å². The third-order valence-corrected chi connectivity index (χ3v) is 4.31. The van der Waals surface area contributed by atoms with Crippen LogP contribution in [-0.4, -0.2) is 22.6 Å². The maximum atomic E-state index is 12.5. The molecule has 7 heteroatoms. The van der Waals surface area contributed by atoms with Gasteiger partial charge in [0.05, 0.1) is 5.69 Å². The largest absolute Gasteiger partial charge is 0.444 e. The highest BCUT2D eigenvalue weighted by Gasteiger charge is 2.20. The Bertz CT molecular complexity index is 806. The monoisotopic (exact) mass is 361 g/mol. The molecule has 0 bridgehead atoms.